The van der Waals surface area contributed by atoms with E-state index in [1.54, 1.807) is 0 Å². The Morgan fingerprint density at radius 1 is 0.200 bits per heavy atom. The number of para-hydroxylation sites is 5. The Labute approximate surface area is 432 Å². The topological polar surface area (TPSA) is 53.5 Å². The summed E-state index contributed by atoms with van der Waals surface area (Å²) in [5.41, 5.74) is 17.6. The van der Waals surface area contributed by atoms with Gasteiger partial charge in [-0.05, 0) is 89.0 Å². The summed E-state index contributed by atoms with van der Waals surface area (Å²) in [6.45, 7) is 0. The third kappa shape index (κ3) is 6.99. The average molecular weight is 957 g/mol. The molecule has 4 aromatic heterocycles. The SMILES string of the molecule is c1ccc(-c2nc(-c3ccccc3)nc(-c3ccc(-c4ccc(-n5c6ccccc6c6ccccc65)c(-n5c6ccccc6c6ccc(-c7ccc8c(c7)c7ccccc7n8-c7ccccc7)cc65)c4)cc3)n2)cc1. The highest BCUT2D eigenvalue weighted by atomic mass is 15.1. The lowest BCUT2D eigenvalue weighted by molar-refractivity contribution is 1.07. The quantitative estimate of drug-likeness (QED) is 0.152. The molecule has 0 N–H and O–H groups in total. The summed E-state index contributed by atoms with van der Waals surface area (Å²) < 4.78 is 7.32. The molecule has 4 heterocycles. The lowest BCUT2D eigenvalue weighted by Gasteiger charge is -2.19. The van der Waals surface area contributed by atoms with Crippen molar-refractivity contribution in [3.63, 3.8) is 0 Å². The zero-order valence-corrected chi connectivity index (χ0v) is 40.6. The van der Waals surface area contributed by atoms with E-state index in [4.69, 9.17) is 15.0 Å². The van der Waals surface area contributed by atoms with Gasteiger partial charge >= 0.3 is 0 Å². The van der Waals surface area contributed by atoms with Crippen LogP contribution in [0.5, 0.6) is 0 Å². The van der Waals surface area contributed by atoms with E-state index in [1.807, 2.05) is 60.7 Å². The fourth-order valence-corrected chi connectivity index (χ4v) is 11.4. The van der Waals surface area contributed by atoms with Crippen LogP contribution in [0.4, 0.5) is 0 Å². The number of nitrogens with zero attached hydrogens (tertiary/aromatic N) is 6. The Morgan fingerprint density at radius 2 is 0.560 bits per heavy atom. The number of rotatable bonds is 8. The van der Waals surface area contributed by atoms with Crippen LogP contribution >= 0.6 is 0 Å². The molecular formula is C69H44N6. The summed E-state index contributed by atoms with van der Waals surface area (Å²) >= 11 is 0. The molecule has 0 radical (unpaired) electrons. The van der Waals surface area contributed by atoms with Gasteiger partial charge in [0.1, 0.15) is 0 Å². The largest absolute Gasteiger partial charge is 0.309 e. The van der Waals surface area contributed by atoms with Crippen LogP contribution in [-0.2, 0) is 0 Å². The van der Waals surface area contributed by atoms with Crippen molar-refractivity contribution in [1.29, 1.82) is 0 Å². The van der Waals surface area contributed by atoms with Crippen molar-refractivity contribution < 1.29 is 0 Å². The Balaban J connectivity index is 0.926. The molecule has 0 aliphatic heterocycles. The Morgan fingerprint density at radius 3 is 1.12 bits per heavy atom. The van der Waals surface area contributed by atoms with Crippen LogP contribution in [0.1, 0.15) is 0 Å². The van der Waals surface area contributed by atoms with Gasteiger partial charge in [-0.2, -0.15) is 0 Å². The van der Waals surface area contributed by atoms with E-state index in [1.165, 1.54) is 48.9 Å². The fourth-order valence-electron chi connectivity index (χ4n) is 11.4. The zero-order valence-electron chi connectivity index (χ0n) is 40.6. The molecule has 15 rings (SSSR count). The number of fused-ring (bicyclic) bond motifs is 9. The highest BCUT2D eigenvalue weighted by Crippen LogP contribution is 2.42. The van der Waals surface area contributed by atoms with Crippen LogP contribution in [0.2, 0.25) is 0 Å². The number of hydrogen-bond acceptors (Lipinski definition) is 3. The normalized spacial score (nSPS) is 11.7. The maximum Gasteiger partial charge on any atom is 0.164 e. The Kier molecular flexibility index (Phi) is 9.78. The monoisotopic (exact) mass is 956 g/mol. The molecule has 0 bridgehead atoms. The van der Waals surface area contributed by atoms with Gasteiger partial charge < -0.3 is 13.7 Å². The van der Waals surface area contributed by atoms with Crippen molar-refractivity contribution in [2.24, 2.45) is 0 Å². The molecule has 6 heteroatoms. The lowest BCUT2D eigenvalue weighted by atomic mass is 10.0. The van der Waals surface area contributed by atoms with Gasteiger partial charge in [-0.1, -0.05) is 200 Å². The summed E-state index contributed by atoms with van der Waals surface area (Å²) in [5.74, 6) is 1.90. The summed E-state index contributed by atoms with van der Waals surface area (Å²) in [7, 11) is 0. The fraction of sp³-hybridized carbons (Fsp3) is 0. The third-order valence-corrected chi connectivity index (χ3v) is 14.9. The average Bonchev–Trinajstić information content (AvgIpc) is 4.13. The van der Waals surface area contributed by atoms with Crippen molar-refractivity contribution in [3.8, 4) is 73.5 Å². The van der Waals surface area contributed by atoms with E-state index in [2.05, 4.69) is 220 Å². The predicted molar refractivity (Wildman–Crippen MR) is 310 cm³/mol. The van der Waals surface area contributed by atoms with Gasteiger partial charge in [0.2, 0.25) is 0 Å². The lowest BCUT2D eigenvalue weighted by Crippen LogP contribution is -2.04. The van der Waals surface area contributed by atoms with Gasteiger partial charge in [-0.15, -0.1) is 0 Å². The van der Waals surface area contributed by atoms with Crippen LogP contribution in [-0.4, -0.2) is 28.7 Å². The van der Waals surface area contributed by atoms with Crippen LogP contribution < -0.4 is 0 Å². The molecule has 0 saturated carbocycles. The van der Waals surface area contributed by atoms with E-state index >= 15 is 0 Å². The molecule has 15 aromatic rings. The molecule has 0 fully saturated rings. The minimum atomic E-state index is 0.624. The molecule has 350 valence electrons. The highest BCUT2D eigenvalue weighted by molar-refractivity contribution is 6.14. The summed E-state index contributed by atoms with van der Waals surface area (Å²) in [6.07, 6.45) is 0. The number of hydrogen-bond donors (Lipinski definition) is 0. The summed E-state index contributed by atoms with van der Waals surface area (Å²) in [5, 5.41) is 7.29. The molecule has 0 unspecified atom stereocenters. The van der Waals surface area contributed by atoms with Crippen molar-refractivity contribution in [2.45, 2.75) is 0 Å². The first-order valence-corrected chi connectivity index (χ1v) is 25.4. The maximum atomic E-state index is 5.04. The van der Waals surface area contributed by atoms with Crippen molar-refractivity contribution in [3.05, 3.63) is 267 Å². The van der Waals surface area contributed by atoms with Crippen LogP contribution in [0, 0.1) is 0 Å². The minimum Gasteiger partial charge on any atom is -0.309 e. The second-order valence-corrected chi connectivity index (χ2v) is 19.2. The van der Waals surface area contributed by atoms with Crippen molar-refractivity contribution in [1.82, 2.24) is 28.7 Å². The van der Waals surface area contributed by atoms with E-state index in [-0.39, 0.29) is 0 Å². The molecule has 0 saturated heterocycles. The number of benzene rings is 11. The second-order valence-electron chi connectivity index (χ2n) is 19.2. The Hall–Kier alpha value is -10.2. The standard InChI is InChI=1S/C69H44N6/c1-4-18-46(19-5-1)67-70-68(47-20-6-2-7-21-47)72-69(71-67)48-34-32-45(33-35-48)50-38-41-64(74-60-29-15-10-24-53(60)54-25-11-16-30-61(54)74)66(44-50)75-62-31-17-12-26-55(62)57-39-36-51(43-65(57)75)49-37-40-63-58(42-49)56-27-13-14-28-59(56)73(63)52-22-8-3-9-23-52/h1-44H. The third-order valence-electron chi connectivity index (χ3n) is 14.9. The minimum absolute atomic E-state index is 0.624. The van der Waals surface area contributed by atoms with Gasteiger partial charge in [0, 0.05) is 54.7 Å². The maximum absolute atomic E-state index is 5.04. The van der Waals surface area contributed by atoms with Crippen molar-refractivity contribution >= 4 is 65.4 Å². The molecule has 6 nitrogen and oxygen atoms in total. The van der Waals surface area contributed by atoms with Crippen molar-refractivity contribution in [2.75, 3.05) is 0 Å². The molecule has 0 spiro atoms. The first-order chi connectivity index (χ1) is 37.2. The molecule has 0 atom stereocenters. The smallest absolute Gasteiger partial charge is 0.164 e. The number of aromatic nitrogens is 6. The summed E-state index contributed by atoms with van der Waals surface area (Å²) in [4.78, 5) is 15.0. The first-order valence-electron chi connectivity index (χ1n) is 25.4. The van der Waals surface area contributed by atoms with E-state index in [9.17, 15) is 0 Å². The van der Waals surface area contributed by atoms with Crippen LogP contribution in [0.15, 0.2) is 267 Å². The van der Waals surface area contributed by atoms with Gasteiger partial charge in [0.15, 0.2) is 17.5 Å². The van der Waals surface area contributed by atoms with Gasteiger partial charge in [0.25, 0.3) is 0 Å². The first kappa shape index (κ1) is 42.5. The van der Waals surface area contributed by atoms with E-state index < -0.39 is 0 Å². The van der Waals surface area contributed by atoms with E-state index in [0.29, 0.717) is 17.5 Å². The van der Waals surface area contributed by atoms with Gasteiger partial charge in [-0.3, -0.25) is 0 Å². The molecule has 0 aliphatic rings. The second kappa shape index (κ2) is 17.3. The molecule has 11 aromatic carbocycles. The van der Waals surface area contributed by atoms with Gasteiger partial charge in [0.05, 0.1) is 44.5 Å². The highest BCUT2D eigenvalue weighted by Gasteiger charge is 2.22. The molecule has 0 aliphatic carbocycles. The van der Waals surface area contributed by atoms with E-state index in [0.717, 1.165) is 72.5 Å². The molecule has 0 amide bonds. The Bertz CT molecular complexity index is 4570. The van der Waals surface area contributed by atoms with Crippen LogP contribution in [0.3, 0.4) is 0 Å². The van der Waals surface area contributed by atoms with Crippen LogP contribution in [0.25, 0.3) is 139 Å². The summed E-state index contributed by atoms with van der Waals surface area (Å²) in [6, 6.07) is 95.6. The zero-order chi connectivity index (χ0) is 49.4. The molecular weight excluding hydrogens is 913 g/mol. The molecule has 75 heavy (non-hydrogen) atoms. The predicted octanol–water partition coefficient (Wildman–Crippen LogP) is 17.5. The van der Waals surface area contributed by atoms with Gasteiger partial charge in [-0.25, -0.2) is 15.0 Å².